The average Bonchev–Trinajstić information content (AvgIpc) is 2.66. The summed E-state index contributed by atoms with van der Waals surface area (Å²) in [7, 11) is 0. The van der Waals surface area contributed by atoms with Crippen LogP contribution in [-0.2, 0) is 4.79 Å². The molecule has 0 aromatic carbocycles. The molecular weight excluding hydrogens is 160 g/mol. The molecule has 0 bridgehead atoms. The number of thioether (sulfide) groups is 1. The molecule has 1 saturated heterocycles. The van der Waals surface area contributed by atoms with E-state index in [4.69, 9.17) is 5.11 Å². The Morgan fingerprint density at radius 3 is 2.55 bits per heavy atom. The fraction of sp³-hybridized carbons (Fsp3) is 0.875. The first-order valence-electron chi connectivity index (χ1n) is 4.05. The van der Waals surface area contributed by atoms with Crippen molar-refractivity contribution >= 4 is 17.7 Å². The van der Waals surface area contributed by atoms with Crippen LogP contribution in [0.25, 0.3) is 0 Å². The van der Waals surface area contributed by atoms with Crippen LogP contribution in [0.2, 0.25) is 0 Å². The summed E-state index contributed by atoms with van der Waals surface area (Å²) in [6, 6.07) is 0. The van der Waals surface area contributed by atoms with Gasteiger partial charge in [-0.3, -0.25) is 4.79 Å². The molecule has 0 radical (unpaired) electrons. The second-order valence-corrected chi connectivity index (χ2v) is 4.79. The van der Waals surface area contributed by atoms with Gasteiger partial charge in [0.2, 0.25) is 0 Å². The van der Waals surface area contributed by atoms with Crippen LogP contribution in [-0.4, -0.2) is 22.6 Å². The normalized spacial score (nSPS) is 33.6. The topological polar surface area (TPSA) is 37.3 Å². The zero-order valence-electron chi connectivity index (χ0n) is 6.38. The van der Waals surface area contributed by atoms with E-state index in [9.17, 15) is 4.79 Å². The minimum atomic E-state index is -0.572. The molecule has 0 aromatic heterocycles. The van der Waals surface area contributed by atoms with Gasteiger partial charge in [-0.1, -0.05) is 0 Å². The number of carbonyl (C=O) groups is 1. The van der Waals surface area contributed by atoms with Crippen molar-refractivity contribution in [2.24, 2.45) is 11.3 Å². The number of carboxylic acids is 1. The van der Waals surface area contributed by atoms with E-state index >= 15 is 0 Å². The lowest BCUT2D eigenvalue weighted by atomic mass is 9.96. The molecule has 1 aliphatic heterocycles. The molecule has 3 heteroatoms. The van der Waals surface area contributed by atoms with E-state index in [0.717, 1.165) is 19.3 Å². The van der Waals surface area contributed by atoms with Gasteiger partial charge in [-0.15, -0.1) is 0 Å². The maximum absolute atomic E-state index is 10.6. The van der Waals surface area contributed by atoms with Crippen LogP contribution in [0.15, 0.2) is 0 Å². The van der Waals surface area contributed by atoms with Crippen molar-refractivity contribution in [1.29, 1.82) is 0 Å². The molecule has 0 unspecified atom stereocenters. The number of aliphatic carboxylic acids is 1. The Hall–Kier alpha value is -0.180. The molecule has 2 fully saturated rings. The van der Waals surface area contributed by atoms with Crippen molar-refractivity contribution in [1.82, 2.24) is 0 Å². The molecule has 2 rings (SSSR count). The third kappa shape index (κ3) is 1.15. The second kappa shape index (κ2) is 2.41. The Labute approximate surface area is 70.4 Å². The SMILES string of the molecule is O=C(O)[C@H]1CC12CCSCC2. The highest BCUT2D eigenvalue weighted by atomic mass is 32.2. The van der Waals surface area contributed by atoms with Gasteiger partial charge >= 0.3 is 5.97 Å². The van der Waals surface area contributed by atoms with E-state index in [2.05, 4.69) is 0 Å². The number of hydrogen-bond donors (Lipinski definition) is 1. The minimum absolute atomic E-state index is 0.00315. The smallest absolute Gasteiger partial charge is 0.307 e. The highest BCUT2D eigenvalue weighted by Gasteiger charge is 2.57. The Morgan fingerprint density at radius 2 is 2.09 bits per heavy atom. The Kier molecular flexibility index (Phi) is 1.63. The minimum Gasteiger partial charge on any atom is -0.481 e. The lowest BCUT2D eigenvalue weighted by Crippen LogP contribution is -2.16. The lowest BCUT2D eigenvalue weighted by molar-refractivity contribution is -0.139. The first-order valence-corrected chi connectivity index (χ1v) is 5.21. The van der Waals surface area contributed by atoms with Gasteiger partial charge in [0, 0.05) is 0 Å². The highest BCUT2D eigenvalue weighted by Crippen LogP contribution is 2.60. The number of carboxylic acid groups (broad SMARTS) is 1. The second-order valence-electron chi connectivity index (χ2n) is 3.57. The Bertz CT molecular complexity index is 185. The van der Waals surface area contributed by atoms with Crippen LogP contribution in [0.3, 0.4) is 0 Å². The van der Waals surface area contributed by atoms with Crippen LogP contribution in [0.1, 0.15) is 19.3 Å². The van der Waals surface area contributed by atoms with Crippen LogP contribution in [0.4, 0.5) is 0 Å². The van der Waals surface area contributed by atoms with Gasteiger partial charge in [-0.05, 0) is 36.2 Å². The maximum atomic E-state index is 10.6. The van der Waals surface area contributed by atoms with Gasteiger partial charge in [-0.2, -0.15) is 11.8 Å². The van der Waals surface area contributed by atoms with Gasteiger partial charge in [0.15, 0.2) is 0 Å². The molecule has 1 saturated carbocycles. The average molecular weight is 172 g/mol. The highest BCUT2D eigenvalue weighted by molar-refractivity contribution is 7.99. The zero-order valence-corrected chi connectivity index (χ0v) is 7.19. The van der Waals surface area contributed by atoms with Crippen LogP contribution < -0.4 is 0 Å². The summed E-state index contributed by atoms with van der Waals surface area (Å²) in [5.41, 5.74) is 0.247. The maximum Gasteiger partial charge on any atom is 0.307 e. The summed E-state index contributed by atoms with van der Waals surface area (Å²) in [6.07, 6.45) is 3.21. The van der Waals surface area contributed by atoms with Gasteiger partial charge in [0.1, 0.15) is 0 Å². The van der Waals surface area contributed by atoms with E-state index in [1.807, 2.05) is 11.8 Å². The predicted octanol–water partition coefficient (Wildman–Crippen LogP) is 1.60. The molecule has 62 valence electrons. The first-order chi connectivity index (χ1) is 5.25. The largest absolute Gasteiger partial charge is 0.481 e. The summed E-state index contributed by atoms with van der Waals surface area (Å²) in [4.78, 5) is 10.6. The Morgan fingerprint density at radius 1 is 1.45 bits per heavy atom. The summed E-state index contributed by atoms with van der Waals surface area (Å²) in [5.74, 6) is 1.77. The van der Waals surface area contributed by atoms with E-state index in [1.54, 1.807) is 0 Å². The van der Waals surface area contributed by atoms with Gasteiger partial charge < -0.3 is 5.11 Å². The molecule has 2 aliphatic rings. The monoisotopic (exact) mass is 172 g/mol. The molecule has 11 heavy (non-hydrogen) atoms. The molecule has 1 N–H and O–H groups in total. The van der Waals surface area contributed by atoms with Crippen molar-refractivity contribution in [2.45, 2.75) is 19.3 Å². The first kappa shape index (κ1) is 7.47. The molecule has 0 aromatic rings. The summed E-state index contributed by atoms with van der Waals surface area (Å²) in [6.45, 7) is 0. The van der Waals surface area contributed by atoms with Crippen molar-refractivity contribution < 1.29 is 9.90 Å². The van der Waals surface area contributed by atoms with Crippen molar-refractivity contribution in [3.8, 4) is 0 Å². The molecule has 1 heterocycles. The van der Waals surface area contributed by atoms with Gasteiger partial charge in [0.05, 0.1) is 5.92 Å². The summed E-state index contributed by atoms with van der Waals surface area (Å²) >= 11 is 1.96. The molecule has 1 spiro atoms. The summed E-state index contributed by atoms with van der Waals surface area (Å²) < 4.78 is 0. The quantitative estimate of drug-likeness (QED) is 0.653. The van der Waals surface area contributed by atoms with Crippen LogP contribution >= 0.6 is 11.8 Å². The fourth-order valence-corrected chi connectivity index (χ4v) is 3.33. The molecular formula is C8H12O2S. The Balaban J connectivity index is 1.99. The third-order valence-corrected chi connectivity index (χ3v) is 3.96. The third-order valence-electron chi connectivity index (χ3n) is 2.98. The van der Waals surface area contributed by atoms with E-state index in [-0.39, 0.29) is 11.3 Å². The molecule has 1 atom stereocenters. The predicted molar refractivity (Wildman–Crippen MR) is 44.7 cm³/mol. The van der Waals surface area contributed by atoms with Crippen LogP contribution in [0.5, 0.6) is 0 Å². The van der Waals surface area contributed by atoms with Crippen molar-refractivity contribution in [2.75, 3.05) is 11.5 Å². The van der Waals surface area contributed by atoms with Gasteiger partial charge in [-0.25, -0.2) is 0 Å². The summed E-state index contributed by atoms with van der Waals surface area (Å²) in [5, 5.41) is 8.76. The van der Waals surface area contributed by atoms with E-state index in [1.165, 1.54) is 11.5 Å². The van der Waals surface area contributed by atoms with Crippen molar-refractivity contribution in [3.05, 3.63) is 0 Å². The number of rotatable bonds is 1. The van der Waals surface area contributed by atoms with Crippen molar-refractivity contribution in [3.63, 3.8) is 0 Å². The molecule has 2 nitrogen and oxygen atoms in total. The zero-order chi connectivity index (χ0) is 7.90. The van der Waals surface area contributed by atoms with E-state index in [0.29, 0.717) is 0 Å². The van der Waals surface area contributed by atoms with E-state index < -0.39 is 5.97 Å². The standard InChI is InChI=1S/C8H12O2S/c9-7(10)6-5-8(6)1-3-11-4-2-8/h6H,1-5H2,(H,9,10)/t6-/m1/s1. The fourth-order valence-electron chi connectivity index (χ4n) is 2.03. The molecule has 0 amide bonds. The number of hydrogen-bond acceptors (Lipinski definition) is 2. The molecule has 1 aliphatic carbocycles. The van der Waals surface area contributed by atoms with Gasteiger partial charge in [0.25, 0.3) is 0 Å². The lowest BCUT2D eigenvalue weighted by Gasteiger charge is -2.20. The van der Waals surface area contributed by atoms with Crippen LogP contribution in [0, 0.1) is 11.3 Å².